The number of aromatic nitrogens is 4. The predicted octanol–water partition coefficient (Wildman–Crippen LogP) is 4.20. The lowest BCUT2D eigenvalue weighted by Crippen LogP contribution is -2.29. The Morgan fingerprint density at radius 2 is 2.11 bits per heavy atom. The third-order valence-corrected chi connectivity index (χ3v) is 6.05. The van der Waals surface area contributed by atoms with Gasteiger partial charge in [0.15, 0.2) is 11.0 Å². The van der Waals surface area contributed by atoms with Gasteiger partial charge in [0.05, 0.1) is 5.75 Å². The monoisotopic (exact) mass is 387 g/mol. The number of pyridine rings is 1. The molecule has 146 valence electrons. The normalized spacial score (nSPS) is 15.0. The second-order valence-electron chi connectivity index (χ2n) is 7.17. The Morgan fingerprint density at radius 3 is 2.81 bits per heavy atom. The summed E-state index contributed by atoms with van der Waals surface area (Å²) in [7, 11) is 1.88. The van der Waals surface area contributed by atoms with Crippen LogP contribution in [0.4, 0.5) is 0 Å². The highest BCUT2D eigenvalue weighted by atomic mass is 32.2. The summed E-state index contributed by atoms with van der Waals surface area (Å²) in [6.07, 6.45) is 11.8. The van der Waals surface area contributed by atoms with E-state index in [1.807, 2.05) is 30.3 Å². The quantitative estimate of drug-likeness (QED) is 0.635. The van der Waals surface area contributed by atoms with Crippen molar-refractivity contribution in [3.05, 3.63) is 24.5 Å². The van der Waals surface area contributed by atoms with Gasteiger partial charge in [-0.15, -0.1) is 10.2 Å². The van der Waals surface area contributed by atoms with E-state index in [4.69, 9.17) is 0 Å². The molecule has 0 radical (unpaired) electrons. The van der Waals surface area contributed by atoms with Crippen LogP contribution in [0.5, 0.6) is 0 Å². The van der Waals surface area contributed by atoms with Gasteiger partial charge in [-0.2, -0.15) is 0 Å². The molecule has 1 aliphatic rings. The molecule has 0 atom stereocenters. The fourth-order valence-corrected chi connectivity index (χ4v) is 4.44. The van der Waals surface area contributed by atoms with Crippen LogP contribution in [0.15, 0.2) is 29.7 Å². The second-order valence-corrected chi connectivity index (χ2v) is 8.11. The highest BCUT2D eigenvalue weighted by molar-refractivity contribution is 7.99. The molecule has 1 aliphatic carbocycles. The molecule has 3 rings (SSSR count). The number of rotatable bonds is 8. The van der Waals surface area contributed by atoms with E-state index < -0.39 is 0 Å². The Hall–Kier alpha value is -1.89. The van der Waals surface area contributed by atoms with Crippen molar-refractivity contribution in [1.82, 2.24) is 24.6 Å². The van der Waals surface area contributed by atoms with Crippen LogP contribution in [-0.2, 0) is 4.79 Å². The summed E-state index contributed by atoms with van der Waals surface area (Å²) < 4.78 is 2.25. The summed E-state index contributed by atoms with van der Waals surface area (Å²) in [6.45, 7) is 2.95. The lowest BCUT2D eigenvalue weighted by Gasteiger charge is -2.25. The van der Waals surface area contributed by atoms with Crippen LogP contribution < -0.4 is 0 Å². The molecule has 0 unspecified atom stereocenters. The van der Waals surface area contributed by atoms with Gasteiger partial charge in [-0.25, -0.2) is 0 Å². The van der Waals surface area contributed by atoms with Gasteiger partial charge in [-0.1, -0.05) is 44.4 Å². The first-order valence-corrected chi connectivity index (χ1v) is 10.9. The van der Waals surface area contributed by atoms with E-state index in [1.165, 1.54) is 31.0 Å². The second kappa shape index (κ2) is 9.88. The smallest absolute Gasteiger partial charge is 0.232 e. The molecular formula is C20H29N5OS. The molecule has 1 amide bonds. The maximum Gasteiger partial charge on any atom is 0.232 e. The molecule has 7 heteroatoms. The minimum absolute atomic E-state index is 0.148. The lowest BCUT2D eigenvalue weighted by atomic mass is 9.95. The zero-order valence-electron chi connectivity index (χ0n) is 16.3. The number of hydrogen-bond donors (Lipinski definition) is 0. The third kappa shape index (κ3) is 5.09. The highest BCUT2D eigenvalue weighted by Gasteiger charge is 2.24. The standard InChI is InChI=1S/C20H29N5OS/c1-3-4-13-24(2)18(26)15-27-20-23-22-19(16-9-8-12-21-14-16)25(20)17-10-6-5-7-11-17/h8-9,12,14,17H,3-7,10-11,13,15H2,1-2H3. The average molecular weight is 388 g/mol. The van der Waals surface area contributed by atoms with Gasteiger partial charge in [-0.3, -0.25) is 14.3 Å². The van der Waals surface area contributed by atoms with Crippen molar-refractivity contribution in [2.24, 2.45) is 0 Å². The van der Waals surface area contributed by atoms with Gasteiger partial charge >= 0.3 is 0 Å². The SMILES string of the molecule is CCCCN(C)C(=O)CSc1nnc(-c2cccnc2)n1C1CCCCC1. The van der Waals surface area contributed by atoms with Crippen LogP contribution in [0.3, 0.4) is 0 Å². The molecule has 0 aliphatic heterocycles. The first-order chi connectivity index (χ1) is 13.2. The van der Waals surface area contributed by atoms with Gasteiger partial charge in [0.25, 0.3) is 0 Å². The number of amides is 1. The maximum atomic E-state index is 12.4. The molecule has 2 heterocycles. The molecular weight excluding hydrogens is 358 g/mol. The van der Waals surface area contributed by atoms with Crippen molar-refractivity contribution in [2.45, 2.75) is 63.1 Å². The highest BCUT2D eigenvalue weighted by Crippen LogP contribution is 2.35. The van der Waals surface area contributed by atoms with Crippen LogP contribution in [0.1, 0.15) is 57.9 Å². The van der Waals surface area contributed by atoms with Crippen LogP contribution in [0, 0.1) is 0 Å². The molecule has 0 aromatic carbocycles. The summed E-state index contributed by atoms with van der Waals surface area (Å²) in [5.74, 6) is 1.41. The van der Waals surface area contributed by atoms with Gasteiger partial charge in [-0.05, 0) is 31.4 Å². The van der Waals surface area contributed by atoms with E-state index in [1.54, 1.807) is 6.20 Å². The molecule has 0 N–H and O–H groups in total. The Balaban J connectivity index is 1.78. The summed E-state index contributed by atoms with van der Waals surface area (Å²) in [5, 5.41) is 9.75. The first kappa shape index (κ1) is 19.9. The van der Waals surface area contributed by atoms with Crippen molar-refractivity contribution in [1.29, 1.82) is 0 Å². The van der Waals surface area contributed by atoms with Crippen molar-refractivity contribution >= 4 is 17.7 Å². The van der Waals surface area contributed by atoms with Crippen molar-refractivity contribution in [3.63, 3.8) is 0 Å². The van der Waals surface area contributed by atoms with Gasteiger partial charge in [0.2, 0.25) is 5.91 Å². The summed E-state index contributed by atoms with van der Waals surface area (Å²) in [4.78, 5) is 18.5. The summed E-state index contributed by atoms with van der Waals surface area (Å²) in [5.41, 5.74) is 0.980. The molecule has 0 spiro atoms. The first-order valence-electron chi connectivity index (χ1n) is 9.92. The fraction of sp³-hybridized carbons (Fsp3) is 0.600. The zero-order chi connectivity index (χ0) is 19.1. The average Bonchev–Trinajstić information content (AvgIpc) is 3.15. The van der Waals surface area contributed by atoms with Crippen LogP contribution in [0.25, 0.3) is 11.4 Å². The number of carbonyl (C=O) groups is 1. The van der Waals surface area contributed by atoms with Crippen LogP contribution in [0.2, 0.25) is 0 Å². The largest absolute Gasteiger partial charge is 0.345 e. The zero-order valence-corrected chi connectivity index (χ0v) is 17.1. The Bertz CT molecular complexity index is 727. The number of unbranched alkanes of at least 4 members (excludes halogenated alkanes) is 1. The lowest BCUT2D eigenvalue weighted by molar-refractivity contribution is -0.127. The predicted molar refractivity (Wildman–Crippen MR) is 109 cm³/mol. The Kier molecular flexibility index (Phi) is 7.26. The number of nitrogens with zero attached hydrogens (tertiary/aromatic N) is 5. The molecule has 2 aromatic rings. The topological polar surface area (TPSA) is 63.9 Å². The minimum Gasteiger partial charge on any atom is -0.345 e. The molecule has 0 bridgehead atoms. The van der Waals surface area contributed by atoms with Gasteiger partial charge < -0.3 is 4.90 Å². The van der Waals surface area contributed by atoms with E-state index in [-0.39, 0.29) is 5.91 Å². The van der Waals surface area contributed by atoms with E-state index in [2.05, 4.69) is 26.7 Å². The molecule has 6 nitrogen and oxygen atoms in total. The Morgan fingerprint density at radius 1 is 1.30 bits per heavy atom. The van der Waals surface area contributed by atoms with Crippen LogP contribution in [-0.4, -0.2) is 49.9 Å². The summed E-state index contributed by atoms with van der Waals surface area (Å²) in [6, 6.07) is 4.35. The number of thioether (sulfide) groups is 1. The molecule has 27 heavy (non-hydrogen) atoms. The molecule has 1 fully saturated rings. The van der Waals surface area contributed by atoms with E-state index in [0.29, 0.717) is 11.8 Å². The van der Waals surface area contributed by atoms with E-state index in [0.717, 1.165) is 48.8 Å². The van der Waals surface area contributed by atoms with E-state index in [9.17, 15) is 4.79 Å². The maximum absolute atomic E-state index is 12.4. The van der Waals surface area contributed by atoms with Crippen molar-refractivity contribution in [3.8, 4) is 11.4 Å². The summed E-state index contributed by atoms with van der Waals surface area (Å²) >= 11 is 1.50. The number of hydrogen-bond acceptors (Lipinski definition) is 5. The minimum atomic E-state index is 0.148. The number of carbonyl (C=O) groups excluding carboxylic acids is 1. The van der Waals surface area contributed by atoms with Crippen LogP contribution >= 0.6 is 11.8 Å². The van der Waals surface area contributed by atoms with E-state index >= 15 is 0 Å². The molecule has 0 saturated heterocycles. The van der Waals surface area contributed by atoms with Crippen molar-refractivity contribution in [2.75, 3.05) is 19.3 Å². The van der Waals surface area contributed by atoms with Gasteiger partial charge in [0.1, 0.15) is 0 Å². The Labute approximate surface area is 165 Å². The molecule has 1 saturated carbocycles. The molecule has 2 aromatic heterocycles. The third-order valence-electron chi connectivity index (χ3n) is 5.12. The fourth-order valence-electron chi connectivity index (χ4n) is 3.49. The van der Waals surface area contributed by atoms with Gasteiger partial charge in [0, 0.05) is 37.6 Å². The van der Waals surface area contributed by atoms with Crippen molar-refractivity contribution < 1.29 is 4.79 Å².